The molecule has 1 atom stereocenters. The summed E-state index contributed by atoms with van der Waals surface area (Å²) in [7, 11) is -3.64. The van der Waals surface area contributed by atoms with Crippen LogP contribution in [-0.4, -0.2) is 31.2 Å². The molecular formula is C17H19ClN2O3S2. The highest BCUT2D eigenvalue weighted by Crippen LogP contribution is 2.30. The lowest BCUT2D eigenvalue weighted by atomic mass is 10.2. The molecule has 5 nitrogen and oxygen atoms in total. The zero-order valence-electron chi connectivity index (χ0n) is 13.7. The Kier molecular flexibility index (Phi) is 5.48. The van der Waals surface area contributed by atoms with Crippen LogP contribution < -0.4 is 5.32 Å². The van der Waals surface area contributed by atoms with E-state index in [4.69, 9.17) is 11.6 Å². The van der Waals surface area contributed by atoms with Crippen molar-refractivity contribution in [1.82, 2.24) is 9.62 Å². The fourth-order valence-electron chi connectivity index (χ4n) is 2.90. The summed E-state index contributed by atoms with van der Waals surface area (Å²) < 4.78 is 27.3. The smallest absolute Gasteiger partial charge is 0.253 e. The third kappa shape index (κ3) is 3.89. The van der Waals surface area contributed by atoms with Crippen LogP contribution >= 0.6 is 22.9 Å². The average Bonchev–Trinajstić information content (AvgIpc) is 3.23. The fourth-order valence-corrected chi connectivity index (χ4v) is 6.17. The van der Waals surface area contributed by atoms with Gasteiger partial charge < -0.3 is 5.32 Å². The Morgan fingerprint density at radius 2 is 2.08 bits per heavy atom. The van der Waals surface area contributed by atoms with Gasteiger partial charge >= 0.3 is 0 Å². The number of sulfonamides is 1. The first-order valence-electron chi connectivity index (χ1n) is 7.99. The Balaban J connectivity index is 1.73. The van der Waals surface area contributed by atoms with Crippen LogP contribution in [0.1, 0.15) is 23.3 Å². The minimum Gasteiger partial charge on any atom is -0.351 e. The van der Waals surface area contributed by atoms with Gasteiger partial charge in [-0.2, -0.15) is 4.31 Å². The largest absolute Gasteiger partial charge is 0.351 e. The van der Waals surface area contributed by atoms with Crippen molar-refractivity contribution in [2.45, 2.75) is 36.6 Å². The molecule has 2 heterocycles. The van der Waals surface area contributed by atoms with Gasteiger partial charge in [-0.1, -0.05) is 29.8 Å². The molecule has 2 aromatic rings. The number of rotatable bonds is 5. The SMILES string of the molecule is Cc1ccc(S(=O)(=O)N2CCC[C@H]2C(=O)NCc2ccccc2Cl)s1. The van der Waals surface area contributed by atoms with Crippen LogP contribution in [0.15, 0.2) is 40.6 Å². The topological polar surface area (TPSA) is 66.5 Å². The van der Waals surface area contributed by atoms with Crippen LogP contribution in [-0.2, 0) is 21.4 Å². The summed E-state index contributed by atoms with van der Waals surface area (Å²) in [4.78, 5) is 13.5. The second-order valence-electron chi connectivity index (χ2n) is 5.95. The van der Waals surface area contributed by atoms with Gasteiger partial charge in [0.25, 0.3) is 10.0 Å². The first-order valence-corrected chi connectivity index (χ1v) is 10.6. The third-order valence-corrected chi connectivity index (χ3v) is 7.94. The summed E-state index contributed by atoms with van der Waals surface area (Å²) in [5.74, 6) is -0.283. The quantitative estimate of drug-likeness (QED) is 0.841. The van der Waals surface area contributed by atoms with E-state index in [-0.39, 0.29) is 16.7 Å². The molecule has 0 saturated carbocycles. The van der Waals surface area contributed by atoms with E-state index in [0.29, 0.717) is 24.4 Å². The molecule has 8 heteroatoms. The van der Waals surface area contributed by atoms with Gasteiger partial charge in [-0.25, -0.2) is 8.42 Å². The van der Waals surface area contributed by atoms with Crippen molar-refractivity contribution in [3.8, 4) is 0 Å². The number of hydrogen-bond donors (Lipinski definition) is 1. The number of hydrogen-bond acceptors (Lipinski definition) is 4. The van der Waals surface area contributed by atoms with Gasteiger partial charge in [-0.15, -0.1) is 11.3 Å². The molecule has 1 N–H and O–H groups in total. The molecule has 1 saturated heterocycles. The first-order chi connectivity index (χ1) is 11.9. The van der Waals surface area contributed by atoms with Crippen molar-refractivity contribution in [2.75, 3.05) is 6.54 Å². The Morgan fingerprint density at radius 1 is 1.32 bits per heavy atom. The molecule has 25 heavy (non-hydrogen) atoms. The molecule has 0 bridgehead atoms. The molecule has 0 spiro atoms. The summed E-state index contributed by atoms with van der Waals surface area (Å²) in [6.45, 7) is 2.51. The highest BCUT2D eigenvalue weighted by molar-refractivity contribution is 7.91. The molecular weight excluding hydrogens is 380 g/mol. The number of thiophene rings is 1. The predicted octanol–water partition coefficient (Wildman–Crippen LogP) is 3.18. The number of aryl methyl sites for hydroxylation is 1. The van der Waals surface area contributed by atoms with Gasteiger partial charge in [0, 0.05) is 23.0 Å². The van der Waals surface area contributed by atoms with Gasteiger partial charge in [-0.05, 0) is 43.5 Å². The maximum Gasteiger partial charge on any atom is 0.253 e. The van der Waals surface area contributed by atoms with E-state index in [1.807, 2.05) is 25.1 Å². The second-order valence-corrected chi connectivity index (χ2v) is 9.76. The van der Waals surface area contributed by atoms with E-state index in [1.165, 1.54) is 15.6 Å². The minimum atomic E-state index is -3.64. The van der Waals surface area contributed by atoms with Gasteiger partial charge in [0.05, 0.1) is 0 Å². The zero-order valence-corrected chi connectivity index (χ0v) is 16.1. The normalized spacial score (nSPS) is 18.4. The van der Waals surface area contributed by atoms with Crippen molar-refractivity contribution in [3.63, 3.8) is 0 Å². The van der Waals surface area contributed by atoms with Crippen molar-refractivity contribution in [2.24, 2.45) is 0 Å². The number of carbonyl (C=O) groups excluding carboxylic acids is 1. The fraction of sp³-hybridized carbons (Fsp3) is 0.353. The molecule has 1 aliphatic rings. The lowest BCUT2D eigenvalue weighted by Crippen LogP contribution is -2.45. The van der Waals surface area contributed by atoms with Gasteiger partial charge in [0.1, 0.15) is 10.3 Å². The minimum absolute atomic E-state index is 0.279. The van der Waals surface area contributed by atoms with Crippen LogP contribution in [0, 0.1) is 6.92 Å². The lowest BCUT2D eigenvalue weighted by molar-refractivity contribution is -0.124. The number of nitrogens with one attached hydrogen (secondary N) is 1. The van der Waals surface area contributed by atoms with E-state index in [1.54, 1.807) is 18.2 Å². The second kappa shape index (κ2) is 7.45. The Morgan fingerprint density at radius 3 is 2.76 bits per heavy atom. The first kappa shape index (κ1) is 18.4. The molecule has 1 amide bonds. The molecule has 0 unspecified atom stereocenters. The number of carbonyl (C=O) groups is 1. The van der Waals surface area contributed by atoms with Crippen LogP contribution in [0.2, 0.25) is 5.02 Å². The lowest BCUT2D eigenvalue weighted by Gasteiger charge is -2.22. The zero-order chi connectivity index (χ0) is 18.0. The van der Waals surface area contributed by atoms with Crippen LogP contribution in [0.4, 0.5) is 0 Å². The van der Waals surface area contributed by atoms with Crippen molar-refractivity contribution < 1.29 is 13.2 Å². The highest BCUT2D eigenvalue weighted by atomic mass is 35.5. The van der Waals surface area contributed by atoms with E-state index < -0.39 is 16.1 Å². The third-order valence-electron chi connectivity index (χ3n) is 4.20. The summed E-state index contributed by atoms with van der Waals surface area (Å²) in [5.41, 5.74) is 0.804. The highest BCUT2D eigenvalue weighted by Gasteiger charge is 2.39. The van der Waals surface area contributed by atoms with Gasteiger partial charge in [0.2, 0.25) is 5.91 Å². The molecule has 134 valence electrons. The van der Waals surface area contributed by atoms with Crippen LogP contribution in [0.5, 0.6) is 0 Å². The monoisotopic (exact) mass is 398 g/mol. The maximum absolute atomic E-state index is 12.8. The van der Waals surface area contributed by atoms with E-state index in [9.17, 15) is 13.2 Å². The average molecular weight is 399 g/mol. The standard InChI is InChI=1S/C17H19ClN2O3S2/c1-12-8-9-16(24-12)25(22,23)20-10-4-7-15(20)17(21)19-11-13-5-2-3-6-14(13)18/h2-3,5-6,8-9,15H,4,7,10-11H2,1H3,(H,19,21)/t15-/m0/s1. The van der Waals surface area contributed by atoms with Crippen LogP contribution in [0.25, 0.3) is 0 Å². The molecule has 1 aromatic carbocycles. The summed E-state index contributed by atoms with van der Waals surface area (Å²) in [6, 6.07) is 9.97. The molecule has 0 radical (unpaired) electrons. The summed E-state index contributed by atoms with van der Waals surface area (Å²) in [5, 5.41) is 3.39. The Labute approximate surface area is 156 Å². The van der Waals surface area contributed by atoms with E-state index in [2.05, 4.69) is 5.32 Å². The number of amides is 1. The molecule has 0 aliphatic carbocycles. The number of nitrogens with zero attached hydrogens (tertiary/aromatic N) is 1. The summed E-state index contributed by atoms with van der Waals surface area (Å²) in [6.07, 6.45) is 1.20. The number of benzene rings is 1. The predicted molar refractivity (Wildman–Crippen MR) is 99.3 cm³/mol. The van der Waals surface area contributed by atoms with Gasteiger partial charge in [0.15, 0.2) is 0 Å². The Bertz CT molecular complexity index is 880. The maximum atomic E-state index is 12.8. The molecule has 1 aromatic heterocycles. The van der Waals surface area contributed by atoms with E-state index >= 15 is 0 Å². The van der Waals surface area contributed by atoms with Crippen molar-refractivity contribution in [3.05, 3.63) is 51.9 Å². The van der Waals surface area contributed by atoms with Crippen LogP contribution in [0.3, 0.4) is 0 Å². The van der Waals surface area contributed by atoms with Crippen molar-refractivity contribution >= 4 is 38.9 Å². The van der Waals surface area contributed by atoms with Crippen molar-refractivity contribution in [1.29, 1.82) is 0 Å². The molecule has 1 aliphatic heterocycles. The summed E-state index contributed by atoms with van der Waals surface area (Å²) >= 11 is 7.32. The Hall–Kier alpha value is -1.41. The molecule has 1 fully saturated rings. The molecule has 3 rings (SSSR count). The number of halogens is 1. The van der Waals surface area contributed by atoms with E-state index in [0.717, 1.165) is 10.4 Å². The van der Waals surface area contributed by atoms with Gasteiger partial charge in [-0.3, -0.25) is 4.79 Å².